The van der Waals surface area contributed by atoms with Crippen molar-refractivity contribution < 1.29 is 4.74 Å². The number of benzene rings is 1. The van der Waals surface area contributed by atoms with Gasteiger partial charge in [-0.25, -0.2) is 0 Å². The van der Waals surface area contributed by atoms with E-state index in [0.29, 0.717) is 18.7 Å². The van der Waals surface area contributed by atoms with E-state index in [1.165, 1.54) is 0 Å². The van der Waals surface area contributed by atoms with E-state index in [4.69, 9.17) is 15.3 Å². The summed E-state index contributed by atoms with van der Waals surface area (Å²) in [6.07, 6.45) is 0. The molecule has 1 atom stereocenters. The topological polar surface area (TPSA) is 68.8 Å². The molecule has 16 heavy (non-hydrogen) atoms. The molecule has 1 aromatic rings. The minimum Gasteiger partial charge on any atom is -0.383 e. The molecule has 0 heterocycles. The molecule has 0 bridgehead atoms. The maximum Gasteiger partial charge on any atom is 0.121 e. The van der Waals surface area contributed by atoms with E-state index in [1.807, 2.05) is 6.07 Å². The molecule has 1 unspecified atom stereocenters. The van der Waals surface area contributed by atoms with Gasteiger partial charge in [-0.3, -0.25) is 5.32 Å². The lowest BCUT2D eigenvalue weighted by Crippen LogP contribution is -2.23. The summed E-state index contributed by atoms with van der Waals surface area (Å²) in [4.78, 5) is 0. The van der Waals surface area contributed by atoms with Crippen molar-refractivity contribution in [3.05, 3.63) is 35.4 Å². The summed E-state index contributed by atoms with van der Waals surface area (Å²) in [5.41, 5.74) is 1.36. The van der Waals surface area contributed by atoms with Crippen LogP contribution < -0.4 is 5.32 Å². The third kappa shape index (κ3) is 3.36. The molecule has 0 aliphatic rings. The van der Waals surface area contributed by atoms with Crippen molar-refractivity contribution in [3.8, 4) is 12.1 Å². The van der Waals surface area contributed by atoms with Gasteiger partial charge in [-0.05, 0) is 17.7 Å². The van der Waals surface area contributed by atoms with Gasteiger partial charge in [-0.15, -0.1) is 0 Å². The number of rotatable bonds is 5. The van der Waals surface area contributed by atoms with Crippen LogP contribution in [-0.4, -0.2) is 20.3 Å². The third-order valence-electron chi connectivity index (χ3n) is 2.13. The quantitative estimate of drug-likeness (QED) is 0.753. The van der Waals surface area contributed by atoms with Crippen LogP contribution in [0, 0.1) is 22.7 Å². The molecule has 4 nitrogen and oxygen atoms in total. The van der Waals surface area contributed by atoms with Gasteiger partial charge < -0.3 is 4.74 Å². The monoisotopic (exact) mass is 215 g/mol. The maximum atomic E-state index is 9.01. The molecule has 0 radical (unpaired) electrons. The molecule has 0 saturated heterocycles. The Morgan fingerprint density at radius 1 is 1.44 bits per heavy atom. The Bertz CT molecular complexity index is 417. The summed E-state index contributed by atoms with van der Waals surface area (Å²) in [5, 5.41) is 20.8. The summed E-state index contributed by atoms with van der Waals surface area (Å²) in [5.74, 6) is 0. The molecule has 0 saturated carbocycles. The van der Waals surface area contributed by atoms with Gasteiger partial charge in [0.05, 0.1) is 24.3 Å². The third-order valence-corrected chi connectivity index (χ3v) is 2.13. The minimum atomic E-state index is -0.400. The van der Waals surface area contributed by atoms with E-state index >= 15 is 0 Å². The van der Waals surface area contributed by atoms with Crippen LogP contribution in [0.3, 0.4) is 0 Å². The van der Waals surface area contributed by atoms with Crippen molar-refractivity contribution in [1.29, 1.82) is 10.5 Å². The van der Waals surface area contributed by atoms with Crippen LogP contribution in [-0.2, 0) is 4.74 Å². The molecule has 0 aliphatic heterocycles. The lowest BCUT2D eigenvalue weighted by Gasteiger charge is -2.11. The Morgan fingerprint density at radius 2 is 2.25 bits per heavy atom. The van der Waals surface area contributed by atoms with Crippen molar-refractivity contribution in [2.75, 3.05) is 20.3 Å². The van der Waals surface area contributed by atoms with Gasteiger partial charge >= 0.3 is 0 Å². The fourth-order valence-corrected chi connectivity index (χ4v) is 1.33. The lowest BCUT2D eigenvalue weighted by molar-refractivity contribution is 0.198. The molecule has 0 aliphatic carbocycles. The summed E-state index contributed by atoms with van der Waals surface area (Å²) >= 11 is 0. The molecule has 82 valence electrons. The smallest absolute Gasteiger partial charge is 0.121 e. The molecule has 0 aromatic heterocycles. The Hall–Kier alpha value is -1.88. The van der Waals surface area contributed by atoms with Gasteiger partial charge in [-0.1, -0.05) is 12.1 Å². The molecule has 1 aromatic carbocycles. The van der Waals surface area contributed by atoms with Gasteiger partial charge in [-0.2, -0.15) is 10.5 Å². The van der Waals surface area contributed by atoms with E-state index in [0.717, 1.165) is 5.56 Å². The predicted octanol–water partition coefficient (Wildman–Crippen LogP) is 1.36. The fraction of sp³-hybridized carbons (Fsp3) is 0.333. The van der Waals surface area contributed by atoms with Crippen LogP contribution in [0.25, 0.3) is 0 Å². The van der Waals surface area contributed by atoms with Crippen molar-refractivity contribution in [1.82, 2.24) is 5.32 Å². The summed E-state index contributed by atoms with van der Waals surface area (Å²) in [6, 6.07) is 10.8. The van der Waals surface area contributed by atoms with Crippen LogP contribution in [0.1, 0.15) is 17.2 Å². The number of nitrogens with zero attached hydrogens (tertiary/aromatic N) is 2. The Kier molecular flexibility index (Phi) is 5.01. The summed E-state index contributed by atoms with van der Waals surface area (Å²) in [7, 11) is 1.61. The molecule has 4 heteroatoms. The van der Waals surface area contributed by atoms with E-state index in [1.54, 1.807) is 25.3 Å². The van der Waals surface area contributed by atoms with Crippen LogP contribution >= 0.6 is 0 Å². The van der Waals surface area contributed by atoms with Crippen LogP contribution in [0.5, 0.6) is 0 Å². The number of nitriles is 2. The Labute approximate surface area is 95.1 Å². The van der Waals surface area contributed by atoms with E-state index < -0.39 is 6.04 Å². The Morgan fingerprint density at radius 3 is 2.88 bits per heavy atom. The van der Waals surface area contributed by atoms with Crippen molar-refractivity contribution in [2.45, 2.75) is 6.04 Å². The number of hydrogen-bond donors (Lipinski definition) is 1. The highest BCUT2D eigenvalue weighted by Crippen LogP contribution is 2.13. The summed E-state index contributed by atoms with van der Waals surface area (Å²) < 4.78 is 4.89. The second kappa shape index (κ2) is 6.58. The number of methoxy groups -OCH3 is 1. The zero-order chi connectivity index (χ0) is 11.8. The van der Waals surface area contributed by atoms with Gasteiger partial charge in [0.1, 0.15) is 6.04 Å². The average Bonchev–Trinajstić information content (AvgIpc) is 2.35. The van der Waals surface area contributed by atoms with Crippen LogP contribution in [0.15, 0.2) is 24.3 Å². The highest BCUT2D eigenvalue weighted by atomic mass is 16.5. The number of hydrogen-bond acceptors (Lipinski definition) is 4. The molecule has 0 fully saturated rings. The number of ether oxygens (including phenoxy) is 1. The lowest BCUT2D eigenvalue weighted by atomic mass is 10.1. The first-order chi connectivity index (χ1) is 7.81. The van der Waals surface area contributed by atoms with E-state index in [9.17, 15) is 0 Å². The summed E-state index contributed by atoms with van der Waals surface area (Å²) in [6.45, 7) is 1.15. The number of nitrogens with one attached hydrogen (secondary N) is 1. The predicted molar refractivity (Wildman–Crippen MR) is 59.4 cm³/mol. The molecular formula is C12H13N3O. The second-order valence-corrected chi connectivity index (χ2v) is 3.25. The first kappa shape index (κ1) is 12.2. The molecular weight excluding hydrogens is 202 g/mol. The molecule has 1 rings (SSSR count). The van der Waals surface area contributed by atoms with Crippen molar-refractivity contribution in [3.63, 3.8) is 0 Å². The molecule has 0 amide bonds. The van der Waals surface area contributed by atoms with Crippen molar-refractivity contribution in [2.24, 2.45) is 0 Å². The van der Waals surface area contributed by atoms with Gasteiger partial charge in [0, 0.05) is 13.7 Å². The molecule has 0 spiro atoms. The zero-order valence-electron chi connectivity index (χ0n) is 9.10. The second-order valence-electron chi connectivity index (χ2n) is 3.25. The highest BCUT2D eigenvalue weighted by molar-refractivity contribution is 5.35. The van der Waals surface area contributed by atoms with Gasteiger partial charge in [0.25, 0.3) is 0 Å². The standard InChI is InChI=1S/C12H13N3O/c1-16-6-5-15-12(9-14)11-4-2-3-10(7-11)8-13/h2-4,7,12,15H,5-6H2,1H3. The van der Waals surface area contributed by atoms with Gasteiger partial charge in [0.2, 0.25) is 0 Å². The maximum absolute atomic E-state index is 9.01. The fourth-order valence-electron chi connectivity index (χ4n) is 1.33. The normalized spacial score (nSPS) is 11.4. The highest BCUT2D eigenvalue weighted by Gasteiger charge is 2.09. The van der Waals surface area contributed by atoms with Crippen LogP contribution in [0.2, 0.25) is 0 Å². The van der Waals surface area contributed by atoms with E-state index in [2.05, 4.69) is 17.5 Å². The Balaban J connectivity index is 2.72. The first-order valence-electron chi connectivity index (χ1n) is 4.94. The minimum absolute atomic E-state index is 0.400. The van der Waals surface area contributed by atoms with Crippen LogP contribution in [0.4, 0.5) is 0 Å². The van der Waals surface area contributed by atoms with E-state index in [-0.39, 0.29) is 0 Å². The van der Waals surface area contributed by atoms with Gasteiger partial charge in [0.15, 0.2) is 0 Å². The zero-order valence-corrected chi connectivity index (χ0v) is 9.10. The molecule has 1 N–H and O–H groups in total. The average molecular weight is 215 g/mol. The largest absolute Gasteiger partial charge is 0.383 e. The SMILES string of the molecule is COCCNC(C#N)c1cccc(C#N)c1. The first-order valence-corrected chi connectivity index (χ1v) is 4.94. The van der Waals surface area contributed by atoms with Crippen molar-refractivity contribution >= 4 is 0 Å².